The summed E-state index contributed by atoms with van der Waals surface area (Å²) >= 11 is 3.51. The highest BCUT2D eigenvalue weighted by molar-refractivity contribution is 8.16. The number of hydrogen-bond acceptors (Lipinski definition) is 7. The minimum absolute atomic E-state index is 0.0598. The smallest absolute Gasteiger partial charge is 0.407 e. The van der Waals surface area contributed by atoms with Gasteiger partial charge in [0.15, 0.2) is 0 Å². The van der Waals surface area contributed by atoms with E-state index in [4.69, 9.17) is 14.2 Å². The number of rotatable bonds is 14. The Labute approximate surface area is 273 Å². The number of alkyl carbamates (subject to hydrolysis) is 2. The van der Waals surface area contributed by atoms with Gasteiger partial charge in [0.2, 0.25) is 0 Å². The van der Waals surface area contributed by atoms with E-state index < -0.39 is 12.2 Å². The topological polar surface area (TPSA) is 85.9 Å². The van der Waals surface area contributed by atoms with Crippen LogP contribution in [0.2, 0.25) is 0 Å². The summed E-state index contributed by atoms with van der Waals surface area (Å²) in [5.41, 5.74) is 5.48. The second-order valence-corrected chi connectivity index (χ2v) is 13.2. The third-order valence-electron chi connectivity index (χ3n) is 7.18. The first-order chi connectivity index (χ1) is 22.1. The van der Waals surface area contributed by atoms with Gasteiger partial charge >= 0.3 is 12.2 Å². The second kappa shape index (κ2) is 17.4. The fourth-order valence-corrected chi connectivity index (χ4v) is 7.39. The molecule has 0 saturated carbocycles. The van der Waals surface area contributed by atoms with Crippen molar-refractivity contribution in [2.75, 3.05) is 24.6 Å². The number of aryl methyl sites for hydroxylation is 1. The van der Waals surface area contributed by atoms with Gasteiger partial charge in [-0.05, 0) is 46.7 Å². The molecule has 1 unspecified atom stereocenters. The van der Waals surface area contributed by atoms with Crippen molar-refractivity contribution in [3.05, 3.63) is 137 Å². The highest BCUT2D eigenvalue weighted by Gasteiger charge is 2.23. The van der Waals surface area contributed by atoms with Crippen LogP contribution in [0.4, 0.5) is 9.59 Å². The van der Waals surface area contributed by atoms with Crippen molar-refractivity contribution in [2.45, 2.75) is 36.7 Å². The van der Waals surface area contributed by atoms with E-state index in [1.807, 2.05) is 78.9 Å². The molecule has 0 fully saturated rings. The van der Waals surface area contributed by atoms with Crippen LogP contribution in [0.15, 0.2) is 109 Å². The molecule has 1 aliphatic heterocycles. The molecule has 0 radical (unpaired) electrons. The first-order valence-corrected chi connectivity index (χ1v) is 17.2. The molecule has 0 saturated heterocycles. The van der Waals surface area contributed by atoms with Crippen LogP contribution in [0, 0.1) is 0 Å². The van der Waals surface area contributed by atoms with Gasteiger partial charge in [0, 0.05) is 24.6 Å². The van der Waals surface area contributed by atoms with E-state index in [1.165, 1.54) is 16.7 Å². The highest BCUT2D eigenvalue weighted by atomic mass is 32.2. The molecule has 2 N–H and O–H groups in total. The van der Waals surface area contributed by atoms with Crippen LogP contribution >= 0.6 is 23.5 Å². The predicted molar refractivity (Wildman–Crippen MR) is 181 cm³/mol. The number of carbonyl (C=O) groups excluding carboxylic acids is 2. The van der Waals surface area contributed by atoms with E-state index in [9.17, 15) is 9.59 Å². The third-order valence-corrected chi connectivity index (χ3v) is 10.0. The van der Waals surface area contributed by atoms with Crippen molar-refractivity contribution in [1.29, 1.82) is 0 Å². The number of hydrogen-bond donors (Lipinski definition) is 2. The molecular formula is C36H38N2O5S2. The molecule has 0 aliphatic carbocycles. The molecule has 0 bridgehead atoms. The Hall–Kier alpha value is -4.08. The lowest BCUT2D eigenvalue weighted by molar-refractivity contribution is 0.139. The van der Waals surface area contributed by atoms with Crippen molar-refractivity contribution in [2.24, 2.45) is 0 Å². The lowest BCUT2D eigenvalue weighted by atomic mass is 9.96. The third kappa shape index (κ3) is 10.5. The first-order valence-electron chi connectivity index (χ1n) is 15.1. The van der Waals surface area contributed by atoms with Crippen LogP contribution in [0.5, 0.6) is 5.75 Å². The van der Waals surface area contributed by atoms with E-state index in [0.717, 1.165) is 29.7 Å². The number of fused-ring (bicyclic) bond motifs is 1. The minimum atomic E-state index is -0.430. The molecule has 1 aliphatic rings. The van der Waals surface area contributed by atoms with Crippen LogP contribution in [0.25, 0.3) is 0 Å². The van der Waals surface area contributed by atoms with Gasteiger partial charge in [0.05, 0.1) is 4.58 Å². The molecular weight excluding hydrogens is 605 g/mol. The van der Waals surface area contributed by atoms with Crippen LogP contribution in [-0.4, -0.2) is 36.8 Å². The Morgan fingerprint density at radius 2 is 1.27 bits per heavy atom. The van der Waals surface area contributed by atoms with Crippen LogP contribution in [0.3, 0.4) is 0 Å². The van der Waals surface area contributed by atoms with E-state index in [0.29, 0.717) is 24.6 Å². The number of nitrogens with one attached hydrogen (secondary N) is 2. The molecule has 0 aromatic heterocycles. The van der Waals surface area contributed by atoms with E-state index in [-0.39, 0.29) is 23.9 Å². The largest absolute Gasteiger partial charge is 0.485 e. The molecule has 1 atom stereocenters. The summed E-state index contributed by atoms with van der Waals surface area (Å²) in [7, 11) is 0. The zero-order valence-corrected chi connectivity index (χ0v) is 26.7. The normalized spacial score (nSPS) is 13.8. The molecule has 1 heterocycles. The molecule has 9 heteroatoms. The number of benzene rings is 4. The van der Waals surface area contributed by atoms with Crippen molar-refractivity contribution in [3.8, 4) is 5.75 Å². The SMILES string of the molecule is O=C(NCCSC(SCCNC(=O)OCc1ccccc1)c1ccc2c(c1)CCC(c1ccccc1)O2)OCc1ccccc1. The Kier molecular flexibility index (Phi) is 12.5. The Bertz CT molecular complexity index is 1430. The molecule has 2 amide bonds. The van der Waals surface area contributed by atoms with Crippen molar-refractivity contribution in [1.82, 2.24) is 10.6 Å². The molecule has 5 rings (SSSR count). The maximum Gasteiger partial charge on any atom is 0.407 e. The van der Waals surface area contributed by atoms with E-state index >= 15 is 0 Å². The number of ether oxygens (including phenoxy) is 3. The van der Waals surface area contributed by atoms with E-state index in [2.05, 4.69) is 41.0 Å². The predicted octanol–water partition coefficient (Wildman–Crippen LogP) is 8.07. The monoisotopic (exact) mass is 642 g/mol. The minimum Gasteiger partial charge on any atom is -0.485 e. The molecule has 7 nitrogen and oxygen atoms in total. The number of thioether (sulfide) groups is 2. The van der Waals surface area contributed by atoms with Crippen LogP contribution in [-0.2, 0) is 29.1 Å². The van der Waals surface area contributed by atoms with Crippen molar-refractivity contribution in [3.63, 3.8) is 0 Å². The lowest BCUT2D eigenvalue weighted by Gasteiger charge is -2.28. The van der Waals surface area contributed by atoms with Gasteiger partial charge in [-0.15, -0.1) is 23.5 Å². The number of carbonyl (C=O) groups is 2. The summed E-state index contributed by atoms with van der Waals surface area (Å²) < 4.78 is 17.2. The Morgan fingerprint density at radius 3 is 1.82 bits per heavy atom. The zero-order valence-electron chi connectivity index (χ0n) is 25.1. The first kappa shape index (κ1) is 32.3. The van der Waals surface area contributed by atoms with Gasteiger partial charge in [-0.25, -0.2) is 9.59 Å². The van der Waals surface area contributed by atoms with Gasteiger partial charge in [-0.1, -0.05) is 103 Å². The molecule has 4 aromatic carbocycles. The van der Waals surface area contributed by atoms with Crippen LogP contribution in [0.1, 0.15) is 44.9 Å². The molecule has 4 aromatic rings. The Morgan fingerprint density at radius 1 is 0.733 bits per heavy atom. The molecule has 234 valence electrons. The summed E-state index contributed by atoms with van der Waals surface area (Å²) in [5, 5.41) is 5.71. The highest BCUT2D eigenvalue weighted by Crippen LogP contribution is 2.42. The van der Waals surface area contributed by atoms with Crippen molar-refractivity contribution >= 4 is 35.7 Å². The molecule has 0 spiro atoms. The van der Waals surface area contributed by atoms with Gasteiger partial charge in [0.25, 0.3) is 0 Å². The summed E-state index contributed by atoms with van der Waals surface area (Å²) in [6, 6.07) is 36.0. The summed E-state index contributed by atoms with van der Waals surface area (Å²) in [6.07, 6.45) is 1.07. The quantitative estimate of drug-likeness (QED) is 0.106. The van der Waals surface area contributed by atoms with Gasteiger partial charge < -0.3 is 24.8 Å². The zero-order chi connectivity index (χ0) is 31.1. The maximum absolute atomic E-state index is 12.2. The summed E-state index contributed by atoms with van der Waals surface area (Å²) in [6.45, 7) is 1.43. The average molecular weight is 643 g/mol. The second-order valence-electron chi connectivity index (χ2n) is 10.5. The average Bonchev–Trinajstić information content (AvgIpc) is 3.10. The number of amides is 2. The van der Waals surface area contributed by atoms with Gasteiger partial charge in [0.1, 0.15) is 25.1 Å². The van der Waals surface area contributed by atoms with Gasteiger partial charge in [-0.2, -0.15) is 0 Å². The summed E-state index contributed by atoms with van der Waals surface area (Å²) in [4.78, 5) is 24.5. The maximum atomic E-state index is 12.2. The molecule has 45 heavy (non-hydrogen) atoms. The lowest BCUT2D eigenvalue weighted by Crippen LogP contribution is -2.27. The fraction of sp³-hybridized carbons (Fsp3) is 0.278. The van der Waals surface area contributed by atoms with Gasteiger partial charge in [-0.3, -0.25) is 0 Å². The standard InChI is InChI=1S/C36H38N2O5S2/c39-35(41-25-27-10-4-1-5-11-27)37-20-22-44-34(45-23-21-38-36(40)42-26-28-12-6-2-7-13-28)31-17-19-33-30(24-31)16-18-32(43-33)29-14-8-3-9-15-29/h1-15,17,19,24,32,34H,16,18,20-23,25-26H2,(H,37,39)(H,38,40). The van der Waals surface area contributed by atoms with Crippen LogP contribution < -0.4 is 15.4 Å². The summed E-state index contributed by atoms with van der Waals surface area (Å²) in [5.74, 6) is 2.33. The van der Waals surface area contributed by atoms with E-state index in [1.54, 1.807) is 23.5 Å². The van der Waals surface area contributed by atoms with Crippen molar-refractivity contribution < 1.29 is 23.8 Å². The fourth-order valence-electron chi connectivity index (χ4n) is 4.88. The Balaban J connectivity index is 1.13.